The third-order valence-corrected chi connectivity index (χ3v) is 4.91. The van der Waals surface area contributed by atoms with E-state index in [0.717, 1.165) is 0 Å². The van der Waals surface area contributed by atoms with Gasteiger partial charge in [0.25, 0.3) is 0 Å². The summed E-state index contributed by atoms with van der Waals surface area (Å²) in [5.74, 6) is 0.268. The number of nitro benzene ring substituents is 1. The van der Waals surface area contributed by atoms with Crippen LogP contribution in [0.1, 0.15) is 16.7 Å². The number of phenols is 1. The molecule has 1 aromatic heterocycles. The van der Waals surface area contributed by atoms with Crippen molar-refractivity contribution < 1.29 is 24.0 Å². The number of furan rings is 1. The van der Waals surface area contributed by atoms with Crippen LogP contribution in [0.3, 0.4) is 0 Å². The van der Waals surface area contributed by atoms with E-state index < -0.39 is 21.7 Å². The lowest BCUT2D eigenvalue weighted by atomic mass is 10.1. The maximum atomic E-state index is 12.2. The molecule has 0 spiro atoms. The first kappa shape index (κ1) is 16.2. The molecule has 2 heterocycles. The number of rotatable bonds is 5. The van der Waals surface area contributed by atoms with E-state index in [-0.39, 0.29) is 24.0 Å². The van der Waals surface area contributed by atoms with Gasteiger partial charge in [-0.25, -0.2) is 0 Å². The Morgan fingerprint density at radius 2 is 2.33 bits per heavy atom. The molecule has 0 saturated carbocycles. The van der Waals surface area contributed by atoms with Crippen molar-refractivity contribution in [3.63, 3.8) is 0 Å². The molecule has 1 atom stereocenters. The van der Waals surface area contributed by atoms with Crippen molar-refractivity contribution in [2.45, 2.75) is 11.9 Å². The van der Waals surface area contributed by atoms with Crippen molar-refractivity contribution in [1.82, 2.24) is 4.90 Å². The van der Waals surface area contributed by atoms with Crippen molar-refractivity contribution >= 4 is 23.4 Å². The molecular formula is C15H14N2O6S. The quantitative estimate of drug-likeness (QED) is 0.652. The maximum Gasteiger partial charge on any atom is 0.315 e. The summed E-state index contributed by atoms with van der Waals surface area (Å²) in [5, 5.41) is 20.6. The first-order valence-electron chi connectivity index (χ1n) is 7.00. The van der Waals surface area contributed by atoms with Gasteiger partial charge >= 0.3 is 5.69 Å². The first-order valence-corrected chi connectivity index (χ1v) is 8.05. The molecule has 1 amide bonds. The van der Waals surface area contributed by atoms with Crippen molar-refractivity contribution in [1.29, 1.82) is 0 Å². The normalized spacial score (nSPS) is 17.3. The molecule has 24 heavy (non-hydrogen) atoms. The lowest BCUT2D eigenvalue weighted by Gasteiger charge is -2.23. The second-order valence-electron chi connectivity index (χ2n) is 5.11. The second-order valence-corrected chi connectivity index (χ2v) is 6.18. The fraction of sp³-hybridized carbons (Fsp3) is 0.267. The third-order valence-electron chi connectivity index (χ3n) is 3.65. The van der Waals surface area contributed by atoms with Crippen LogP contribution in [0.5, 0.6) is 11.5 Å². The highest BCUT2D eigenvalue weighted by Crippen LogP contribution is 2.45. The van der Waals surface area contributed by atoms with E-state index in [1.807, 2.05) is 0 Å². The average molecular weight is 350 g/mol. The van der Waals surface area contributed by atoms with Gasteiger partial charge in [0.15, 0.2) is 5.75 Å². The van der Waals surface area contributed by atoms with Gasteiger partial charge in [-0.1, -0.05) is 0 Å². The van der Waals surface area contributed by atoms with Crippen LogP contribution < -0.4 is 4.74 Å². The largest absolute Gasteiger partial charge is 0.500 e. The number of nitrogens with zero attached hydrogens (tertiary/aromatic N) is 2. The number of benzene rings is 1. The van der Waals surface area contributed by atoms with Gasteiger partial charge in [-0.2, -0.15) is 0 Å². The van der Waals surface area contributed by atoms with Gasteiger partial charge in [-0.15, -0.1) is 11.8 Å². The fourth-order valence-corrected chi connectivity index (χ4v) is 3.69. The number of methoxy groups -OCH3 is 1. The zero-order valence-electron chi connectivity index (χ0n) is 12.7. The summed E-state index contributed by atoms with van der Waals surface area (Å²) in [7, 11) is 1.32. The van der Waals surface area contributed by atoms with E-state index in [2.05, 4.69) is 0 Å². The van der Waals surface area contributed by atoms with Crippen molar-refractivity contribution in [3.05, 3.63) is 52.0 Å². The number of hydrogen-bond acceptors (Lipinski definition) is 7. The van der Waals surface area contributed by atoms with Crippen LogP contribution in [0.25, 0.3) is 0 Å². The molecule has 0 unspecified atom stereocenters. The predicted octanol–water partition coefficient (Wildman–Crippen LogP) is 2.68. The van der Waals surface area contributed by atoms with E-state index in [1.54, 1.807) is 17.0 Å². The number of phenolic OH excluding ortho intramolecular Hbond substituents is 1. The van der Waals surface area contributed by atoms with E-state index in [0.29, 0.717) is 11.3 Å². The van der Waals surface area contributed by atoms with Crippen molar-refractivity contribution in [2.24, 2.45) is 0 Å². The standard InChI is InChI=1S/C15H14N2O6S/c1-22-12-6-9(5-11(14(12)19)17(20)21)15-16(13(18)8-24-15)7-10-3-2-4-23-10/h2-6,15,19H,7-8H2,1H3/t15-/m0/s1. The number of carbonyl (C=O) groups excluding carboxylic acids is 1. The van der Waals surface area contributed by atoms with Gasteiger partial charge in [0.05, 0.1) is 30.6 Å². The molecule has 1 fully saturated rings. The summed E-state index contributed by atoms with van der Waals surface area (Å²) in [6, 6.07) is 6.26. The minimum absolute atomic E-state index is 0.00269. The number of hydrogen-bond donors (Lipinski definition) is 1. The number of ether oxygens (including phenoxy) is 1. The highest BCUT2D eigenvalue weighted by Gasteiger charge is 2.35. The predicted molar refractivity (Wildman–Crippen MR) is 85.8 cm³/mol. The van der Waals surface area contributed by atoms with Crippen LogP contribution in [0.2, 0.25) is 0 Å². The number of aromatic hydroxyl groups is 1. The topological polar surface area (TPSA) is 106 Å². The monoisotopic (exact) mass is 350 g/mol. The Morgan fingerprint density at radius 3 is 2.96 bits per heavy atom. The minimum Gasteiger partial charge on any atom is -0.500 e. The Bertz CT molecular complexity index is 777. The highest BCUT2D eigenvalue weighted by atomic mass is 32.2. The maximum absolute atomic E-state index is 12.2. The van der Waals surface area contributed by atoms with Gasteiger partial charge in [0.1, 0.15) is 11.1 Å². The Morgan fingerprint density at radius 1 is 1.54 bits per heavy atom. The van der Waals surface area contributed by atoms with Crippen LogP contribution >= 0.6 is 11.8 Å². The van der Waals surface area contributed by atoms with E-state index in [4.69, 9.17) is 9.15 Å². The van der Waals surface area contributed by atoms with Crippen LogP contribution in [0.4, 0.5) is 5.69 Å². The van der Waals surface area contributed by atoms with Crippen LogP contribution in [0, 0.1) is 10.1 Å². The van der Waals surface area contributed by atoms with Gasteiger partial charge in [-0.3, -0.25) is 14.9 Å². The fourth-order valence-electron chi connectivity index (χ4n) is 2.52. The zero-order chi connectivity index (χ0) is 17.3. The van der Waals surface area contributed by atoms with Gasteiger partial charge in [-0.05, 0) is 23.8 Å². The zero-order valence-corrected chi connectivity index (χ0v) is 13.5. The Kier molecular flexibility index (Phi) is 4.34. The summed E-state index contributed by atoms with van der Waals surface area (Å²) < 4.78 is 10.3. The molecule has 1 aliphatic heterocycles. The number of nitro groups is 1. The summed E-state index contributed by atoms with van der Waals surface area (Å²) >= 11 is 1.35. The number of thioether (sulfide) groups is 1. The Labute approximate surface area is 141 Å². The summed E-state index contributed by atoms with van der Waals surface area (Å²) in [5.41, 5.74) is 0.0565. The highest BCUT2D eigenvalue weighted by molar-refractivity contribution is 8.00. The van der Waals surface area contributed by atoms with Gasteiger partial charge in [0.2, 0.25) is 11.7 Å². The van der Waals surface area contributed by atoms with Crippen LogP contribution in [0.15, 0.2) is 34.9 Å². The van der Waals surface area contributed by atoms with Gasteiger partial charge < -0.3 is 19.2 Å². The molecule has 1 saturated heterocycles. The SMILES string of the molecule is COc1cc([C@@H]2SCC(=O)N2Cc2ccco2)cc([N+](=O)[O-])c1O. The molecule has 0 radical (unpaired) electrons. The summed E-state index contributed by atoms with van der Waals surface area (Å²) in [6.07, 6.45) is 1.52. The summed E-state index contributed by atoms with van der Waals surface area (Å²) in [6.45, 7) is 0.264. The Hall–Kier alpha value is -2.68. The smallest absolute Gasteiger partial charge is 0.315 e. The van der Waals surface area contributed by atoms with E-state index >= 15 is 0 Å². The molecular weight excluding hydrogens is 336 g/mol. The molecule has 2 aromatic rings. The number of carbonyl (C=O) groups is 1. The molecule has 3 rings (SSSR count). The third kappa shape index (κ3) is 2.90. The number of amides is 1. The van der Waals surface area contributed by atoms with Crippen LogP contribution in [-0.2, 0) is 11.3 Å². The lowest BCUT2D eigenvalue weighted by Crippen LogP contribution is -2.27. The molecule has 9 heteroatoms. The van der Waals surface area contributed by atoms with E-state index in [1.165, 1.54) is 37.3 Å². The molecule has 0 aliphatic carbocycles. The molecule has 1 N–H and O–H groups in total. The van der Waals surface area contributed by atoms with Gasteiger partial charge in [0, 0.05) is 6.07 Å². The minimum atomic E-state index is -0.681. The molecule has 126 valence electrons. The second kappa shape index (κ2) is 6.44. The van der Waals surface area contributed by atoms with Crippen molar-refractivity contribution in [2.75, 3.05) is 12.9 Å². The van der Waals surface area contributed by atoms with Crippen molar-refractivity contribution in [3.8, 4) is 11.5 Å². The molecule has 1 aromatic carbocycles. The van der Waals surface area contributed by atoms with E-state index in [9.17, 15) is 20.0 Å². The molecule has 1 aliphatic rings. The first-order chi connectivity index (χ1) is 11.5. The molecule has 8 nitrogen and oxygen atoms in total. The van der Waals surface area contributed by atoms with Crippen LogP contribution in [-0.4, -0.2) is 33.7 Å². The Balaban J connectivity index is 1.98. The average Bonchev–Trinajstić information content (AvgIpc) is 3.19. The molecule has 0 bridgehead atoms. The summed E-state index contributed by atoms with van der Waals surface area (Å²) in [4.78, 5) is 24.2. The lowest BCUT2D eigenvalue weighted by molar-refractivity contribution is -0.386.